The van der Waals surface area contributed by atoms with Crippen molar-refractivity contribution in [2.45, 2.75) is 32.0 Å². The molecule has 0 N–H and O–H groups in total. The maximum Gasteiger partial charge on any atom is 0.401 e. The highest BCUT2D eigenvalue weighted by atomic mass is 19.4. The molecule has 0 saturated carbocycles. The normalized spacial score (nSPS) is 17.5. The third-order valence-corrected chi connectivity index (χ3v) is 3.60. The van der Waals surface area contributed by atoms with Crippen LogP contribution in [0.4, 0.5) is 18.9 Å². The Labute approximate surface area is 125 Å². The van der Waals surface area contributed by atoms with Crippen molar-refractivity contribution in [3.05, 3.63) is 33.9 Å². The molecule has 0 aromatic heterocycles. The summed E-state index contributed by atoms with van der Waals surface area (Å²) in [6.45, 7) is 1.48. The van der Waals surface area contributed by atoms with Gasteiger partial charge in [-0.3, -0.25) is 15.0 Å². The quantitative estimate of drug-likeness (QED) is 0.631. The number of non-ortho nitro benzene ring substituents is 1. The van der Waals surface area contributed by atoms with Crippen molar-refractivity contribution < 1.29 is 22.8 Å². The van der Waals surface area contributed by atoms with Crippen molar-refractivity contribution in [1.29, 1.82) is 0 Å². The number of nitro benzene ring substituents is 1. The first kappa shape index (κ1) is 16.5. The summed E-state index contributed by atoms with van der Waals surface area (Å²) in [5.74, 6) is 0.542. The molecule has 122 valence electrons. The van der Waals surface area contributed by atoms with Crippen molar-refractivity contribution in [2.24, 2.45) is 0 Å². The molecular formula is C14H17F3N2O3. The molecule has 2 rings (SSSR count). The van der Waals surface area contributed by atoms with E-state index in [2.05, 4.69) is 0 Å². The Morgan fingerprint density at radius 2 is 2.00 bits per heavy atom. The van der Waals surface area contributed by atoms with E-state index in [4.69, 9.17) is 4.74 Å². The first-order chi connectivity index (χ1) is 10.2. The second-order valence-corrected chi connectivity index (χ2v) is 5.42. The summed E-state index contributed by atoms with van der Waals surface area (Å²) in [7, 11) is 0. The molecule has 0 amide bonds. The number of alkyl halides is 3. The van der Waals surface area contributed by atoms with Gasteiger partial charge in [-0.25, -0.2) is 0 Å². The highest BCUT2D eigenvalue weighted by Gasteiger charge is 2.32. The zero-order valence-corrected chi connectivity index (χ0v) is 12.1. The van der Waals surface area contributed by atoms with E-state index in [1.165, 1.54) is 23.1 Å². The van der Waals surface area contributed by atoms with E-state index in [9.17, 15) is 23.3 Å². The topological polar surface area (TPSA) is 55.6 Å². The van der Waals surface area contributed by atoms with E-state index < -0.39 is 17.6 Å². The Morgan fingerprint density at radius 1 is 1.36 bits per heavy atom. The Hall–Kier alpha value is -1.83. The van der Waals surface area contributed by atoms with Gasteiger partial charge in [0.25, 0.3) is 5.69 Å². The van der Waals surface area contributed by atoms with Crippen LogP contribution in [0, 0.1) is 17.0 Å². The van der Waals surface area contributed by atoms with Crippen LogP contribution in [0.15, 0.2) is 18.2 Å². The van der Waals surface area contributed by atoms with Crippen LogP contribution in [-0.2, 0) is 0 Å². The number of halogens is 3. The minimum Gasteiger partial charge on any atom is -0.490 e. The predicted octanol–water partition coefficient (Wildman–Crippen LogP) is 3.31. The van der Waals surface area contributed by atoms with Crippen LogP contribution in [0.3, 0.4) is 0 Å². The van der Waals surface area contributed by atoms with Gasteiger partial charge in [0.05, 0.1) is 11.5 Å². The number of nitrogens with zero attached hydrogens (tertiary/aromatic N) is 2. The highest BCUT2D eigenvalue weighted by molar-refractivity contribution is 5.43. The van der Waals surface area contributed by atoms with E-state index in [1.807, 2.05) is 0 Å². The van der Waals surface area contributed by atoms with Crippen molar-refractivity contribution in [3.8, 4) is 5.75 Å². The molecule has 0 atom stereocenters. The second kappa shape index (κ2) is 6.51. The molecule has 1 aromatic carbocycles. The molecule has 0 radical (unpaired) electrons. The minimum atomic E-state index is -4.18. The van der Waals surface area contributed by atoms with Crippen LogP contribution in [0.25, 0.3) is 0 Å². The summed E-state index contributed by atoms with van der Waals surface area (Å²) >= 11 is 0. The van der Waals surface area contributed by atoms with Crippen LogP contribution >= 0.6 is 0 Å². The number of hydrogen-bond acceptors (Lipinski definition) is 4. The maximum atomic E-state index is 12.3. The summed E-state index contributed by atoms with van der Waals surface area (Å²) in [5.41, 5.74) is 0.636. The molecule has 22 heavy (non-hydrogen) atoms. The molecule has 1 saturated heterocycles. The smallest absolute Gasteiger partial charge is 0.401 e. The van der Waals surface area contributed by atoms with Crippen molar-refractivity contribution in [3.63, 3.8) is 0 Å². The third kappa shape index (κ3) is 4.59. The number of aryl methyl sites for hydroxylation is 1. The van der Waals surface area contributed by atoms with E-state index >= 15 is 0 Å². The monoisotopic (exact) mass is 318 g/mol. The zero-order chi connectivity index (χ0) is 16.3. The summed E-state index contributed by atoms with van der Waals surface area (Å²) < 4.78 is 42.7. The summed E-state index contributed by atoms with van der Waals surface area (Å²) in [6.07, 6.45) is -3.33. The zero-order valence-electron chi connectivity index (χ0n) is 12.1. The van der Waals surface area contributed by atoms with Gasteiger partial charge in [0, 0.05) is 25.2 Å². The Balaban J connectivity index is 1.90. The molecular weight excluding hydrogens is 301 g/mol. The molecule has 5 nitrogen and oxygen atoms in total. The lowest BCUT2D eigenvalue weighted by Crippen LogP contribution is -2.42. The molecule has 1 aromatic rings. The lowest BCUT2D eigenvalue weighted by Gasteiger charge is -2.32. The van der Waals surface area contributed by atoms with Gasteiger partial charge in [-0.05, 0) is 31.4 Å². The molecule has 1 heterocycles. The highest BCUT2D eigenvalue weighted by Crippen LogP contribution is 2.27. The van der Waals surface area contributed by atoms with Gasteiger partial charge < -0.3 is 4.74 Å². The van der Waals surface area contributed by atoms with Gasteiger partial charge in [0.15, 0.2) is 0 Å². The molecule has 0 spiro atoms. The number of likely N-dealkylation sites (tertiary alicyclic amines) is 1. The van der Waals surface area contributed by atoms with Crippen LogP contribution in [0.2, 0.25) is 0 Å². The largest absolute Gasteiger partial charge is 0.490 e. The van der Waals surface area contributed by atoms with Gasteiger partial charge in [-0.15, -0.1) is 0 Å². The van der Waals surface area contributed by atoms with Gasteiger partial charge in [-0.2, -0.15) is 13.2 Å². The maximum absolute atomic E-state index is 12.3. The molecule has 0 bridgehead atoms. The summed E-state index contributed by atoms with van der Waals surface area (Å²) in [4.78, 5) is 11.6. The SMILES string of the molecule is Cc1cc([N+](=O)[O-])ccc1OC1CCN(CC(F)(F)F)CC1. The molecule has 1 aliphatic heterocycles. The fraction of sp³-hybridized carbons (Fsp3) is 0.571. The Kier molecular flexibility index (Phi) is 4.90. The number of nitro groups is 1. The number of ether oxygens (including phenoxy) is 1. The average Bonchev–Trinajstić information content (AvgIpc) is 2.41. The van der Waals surface area contributed by atoms with Gasteiger partial charge in [0.2, 0.25) is 0 Å². The van der Waals surface area contributed by atoms with E-state index in [0.29, 0.717) is 37.2 Å². The second-order valence-electron chi connectivity index (χ2n) is 5.42. The van der Waals surface area contributed by atoms with Crippen LogP contribution < -0.4 is 4.74 Å². The van der Waals surface area contributed by atoms with Crippen LogP contribution in [0.5, 0.6) is 5.75 Å². The first-order valence-electron chi connectivity index (χ1n) is 6.95. The van der Waals surface area contributed by atoms with Crippen molar-refractivity contribution in [2.75, 3.05) is 19.6 Å². The summed E-state index contributed by atoms with van der Waals surface area (Å²) in [5, 5.41) is 10.7. The molecule has 8 heteroatoms. The standard InChI is InChI=1S/C14H17F3N2O3/c1-10-8-11(19(20)21)2-3-13(10)22-12-4-6-18(7-5-12)9-14(15,16)17/h2-3,8,12H,4-7,9H2,1H3. The first-order valence-corrected chi connectivity index (χ1v) is 6.95. The van der Waals surface area contributed by atoms with E-state index in [0.717, 1.165) is 0 Å². The van der Waals surface area contributed by atoms with Crippen LogP contribution in [-0.4, -0.2) is 41.7 Å². The third-order valence-electron chi connectivity index (χ3n) is 3.60. The van der Waals surface area contributed by atoms with Crippen molar-refractivity contribution in [1.82, 2.24) is 4.90 Å². The number of benzene rings is 1. The summed E-state index contributed by atoms with van der Waals surface area (Å²) in [6, 6.07) is 4.32. The number of rotatable bonds is 4. The van der Waals surface area contributed by atoms with Crippen molar-refractivity contribution >= 4 is 5.69 Å². The number of hydrogen-bond donors (Lipinski definition) is 0. The lowest BCUT2D eigenvalue weighted by molar-refractivity contribution is -0.384. The fourth-order valence-electron chi connectivity index (χ4n) is 2.50. The van der Waals surface area contributed by atoms with Crippen LogP contribution in [0.1, 0.15) is 18.4 Å². The Bertz CT molecular complexity index is 541. The predicted molar refractivity (Wildman–Crippen MR) is 74.0 cm³/mol. The van der Waals surface area contributed by atoms with E-state index in [1.54, 1.807) is 6.92 Å². The molecule has 1 fully saturated rings. The van der Waals surface area contributed by atoms with Gasteiger partial charge >= 0.3 is 6.18 Å². The number of piperidine rings is 1. The fourth-order valence-corrected chi connectivity index (χ4v) is 2.50. The minimum absolute atomic E-state index is 0.00940. The molecule has 0 aliphatic carbocycles. The van der Waals surface area contributed by atoms with Gasteiger partial charge in [0.1, 0.15) is 11.9 Å². The Morgan fingerprint density at radius 3 is 2.50 bits per heavy atom. The molecule has 1 aliphatic rings. The molecule has 0 unspecified atom stereocenters. The van der Waals surface area contributed by atoms with Gasteiger partial charge in [-0.1, -0.05) is 0 Å². The lowest BCUT2D eigenvalue weighted by atomic mass is 10.1. The van der Waals surface area contributed by atoms with E-state index in [-0.39, 0.29) is 11.8 Å². The average molecular weight is 318 g/mol.